The van der Waals surface area contributed by atoms with Crippen LogP contribution in [0.2, 0.25) is 0 Å². The number of ether oxygens (including phenoxy) is 1. The third kappa shape index (κ3) is 1.86. The zero-order valence-electron chi connectivity index (χ0n) is 10.2. The summed E-state index contributed by atoms with van der Waals surface area (Å²) in [7, 11) is 0. The maximum Gasteiger partial charge on any atom is 0.255 e. The lowest BCUT2D eigenvalue weighted by Gasteiger charge is -2.37. The zero-order chi connectivity index (χ0) is 12.6. The summed E-state index contributed by atoms with van der Waals surface area (Å²) in [6, 6.07) is 5.67. The molecule has 1 aliphatic heterocycles. The molecule has 0 bridgehead atoms. The van der Waals surface area contributed by atoms with E-state index >= 15 is 0 Å². The van der Waals surface area contributed by atoms with Crippen molar-refractivity contribution in [3.05, 3.63) is 36.2 Å². The Bertz CT molecular complexity index is 587. The third-order valence-electron chi connectivity index (χ3n) is 3.25. The molecule has 0 radical (unpaired) electrons. The zero-order valence-corrected chi connectivity index (χ0v) is 10.2. The van der Waals surface area contributed by atoms with Crippen LogP contribution in [0.5, 0.6) is 0 Å². The highest BCUT2D eigenvalue weighted by atomic mass is 16.5. The van der Waals surface area contributed by atoms with Crippen LogP contribution in [0.25, 0.3) is 5.52 Å². The van der Waals surface area contributed by atoms with Crippen molar-refractivity contribution in [1.29, 1.82) is 0 Å². The van der Waals surface area contributed by atoms with Crippen LogP contribution in [0, 0.1) is 5.41 Å². The molecule has 94 valence electrons. The highest BCUT2D eigenvalue weighted by molar-refractivity contribution is 6.00. The maximum atomic E-state index is 12.1. The van der Waals surface area contributed by atoms with E-state index in [-0.39, 0.29) is 11.3 Å². The predicted molar refractivity (Wildman–Crippen MR) is 66.5 cm³/mol. The van der Waals surface area contributed by atoms with Gasteiger partial charge in [-0.25, -0.2) is 4.52 Å². The molecule has 0 unspecified atom stereocenters. The molecule has 2 aromatic rings. The minimum atomic E-state index is -0.0793. The number of carbonyl (C=O) groups excluding carboxylic acids is 1. The van der Waals surface area contributed by atoms with Crippen LogP contribution >= 0.6 is 0 Å². The van der Waals surface area contributed by atoms with Gasteiger partial charge in [-0.05, 0) is 12.1 Å². The molecule has 1 amide bonds. The summed E-state index contributed by atoms with van der Waals surface area (Å²) in [4.78, 5) is 12.1. The van der Waals surface area contributed by atoms with E-state index in [4.69, 9.17) is 4.74 Å². The van der Waals surface area contributed by atoms with Crippen molar-refractivity contribution in [1.82, 2.24) is 14.9 Å². The van der Waals surface area contributed by atoms with Gasteiger partial charge in [-0.1, -0.05) is 13.0 Å². The average molecular weight is 245 g/mol. The topological polar surface area (TPSA) is 55.6 Å². The number of hydrogen-bond donors (Lipinski definition) is 1. The van der Waals surface area contributed by atoms with Crippen molar-refractivity contribution in [3.63, 3.8) is 0 Å². The number of fused-ring (bicyclic) bond motifs is 1. The van der Waals surface area contributed by atoms with Crippen LogP contribution in [-0.4, -0.2) is 35.3 Å². The number of pyridine rings is 1. The summed E-state index contributed by atoms with van der Waals surface area (Å²) in [6.07, 6.45) is 3.43. The van der Waals surface area contributed by atoms with Crippen molar-refractivity contribution in [2.45, 2.75) is 6.92 Å². The van der Waals surface area contributed by atoms with Crippen molar-refractivity contribution < 1.29 is 9.53 Å². The molecule has 1 N–H and O–H groups in total. The Morgan fingerprint density at radius 2 is 2.39 bits per heavy atom. The second kappa shape index (κ2) is 4.10. The third-order valence-corrected chi connectivity index (χ3v) is 3.25. The number of amides is 1. The van der Waals surface area contributed by atoms with Crippen LogP contribution in [0.1, 0.15) is 17.3 Å². The average Bonchev–Trinajstić information content (AvgIpc) is 2.77. The first-order valence-corrected chi connectivity index (χ1v) is 5.96. The van der Waals surface area contributed by atoms with Gasteiger partial charge >= 0.3 is 0 Å². The Balaban J connectivity index is 1.75. The van der Waals surface area contributed by atoms with Gasteiger partial charge in [0, 0.05) is 18.2 Å². The Kier molecular flexibility index (Phi) is 2.56. The fourth-order valence-corrected chi connectivity index (χ4v) is 2.05. The monoisotopic (exact) mass is 245 g/mol. The van der Waals surface area contributed by atoms with Crippen LogP contribution in [0.4, 0.5) is 0 Å². The summed E-state index contributed by atoms with van der Waals surface area (Å²) in [6.45, 7) is 4.16. The van der Waals surface area contributed by atoms with E-state index in [1.54, 1.807) is 10.7 Å². The fraction of sp³-hybridized carbons (Fsp3) is 0.385. The van der Waals surface area contributed by atoms with Crippen molar-refractivity contribution >= 4 is 11.4 Å². The summed E-state index contributed by atoms with van der Waals surface area (Å²) >= 11 is 0. The first-order chi connectivity index (χ1) is 8.68. The summed E-state index contributed by atoms with van der Waals surface area (Å²) in [5.74, 6) is -0.0793. The lowest BCUT2D eigenvalue weighted by molar-refractivity contribution is -0.0978. The molecular formula is C13H15N3O2. The van der Waals surface area contributed by atoms with E-state index in [9.17, 15) is 4.79 Å². The largest absolute Gasteiger partial charge is 0.380 e. The molecule has 1 aliphatic rings. The van der Waals surface area contributed by atoms with Gasteiger partial charge in [0.1, 0.15) is 0 Å². The van der Waals surface area contributed by atoms with E-state index in [2.05, 4.69) is 17.3 Å². The van der Waals surface area contributed by atoms with E-state index in [0.29, 0.717) is 25.3 Å². The minimum Gasteiger partial charge on any atom is -0.380 e. The molecule has 5 heteroatoms. The van der Waals surface area contributed by atoms with Gasteiger partial charge in [0.25, 0.3) is 5.91 Å². The van der Waals surface area contributed by atoms with Crippen molar-refractivity contribution in [3.8, 4) is 0 Å². The Morgan fingerprint density at radius 1 is 1.56 bits per heavy atom. The maximum absolute atomic E-state index is 12.1. The smallest absolute Gasteiger partial charge is 0.255 e. The second-order valence-electron chi connectivity index (χ2n) is 5.07. The fourth-order valence-electron chi connectivity index (χ4n) is 2.05. The summed E-state index contributed by atoms with van der Waals surface area (Å²) in [5.41, 5.74) is 1.52. The number of carbonyl (C=O) groups is 1. The Labute approximate surface area is 105 Å². The highest BCUT2D eigenvalue weighted by Gasteiger charge is 2.33. The number of rotatable bonds is 3. The molecule has 0 saturated carbocycles. The van der Waals surface area contributed by atoms with E-state index in [1.807, 2.05) is 24.4 Å². The van der Waals surface area contributed by atoms with Crippen molar-refractivity contribution in [2.75, 3.05) is 19.8 Å². The number of aromatic nitrogens is 2. The van der Waals surface area contributed by atoms with Gasteiger partial charge in [0.2, 0.25) is 0 Å². The van der Waals surface area contributed by atoms with Gasteiger partial charge in [-0.3, -0.25) is 4.79 Å². The molecule has 18 heavy (non-hydrogen) atoms. The SMILES string of the molecule is CC1(CNC(=O)c2cnn3ccccc23)COC1. The van der Waals surface area contributed by atoms with Gasteiger partial charge < -0.3 is 10.1 Å². The predicted octanol–water partition coefficient (Wildman–Crippen LogP) is 1.10. The molecular weight excluding hydrogens is 230 g/mol. The quantitative estimate of drug-likeness (QED) is 0.881. The summed E-state index contributed by atoms with van der Waals surface area (Å²) < 4.78 is 6.86. The molecule has 1 saturated heterocycles. The van der Waals surface area contributed by atoms with Gasteiger partial charge in [0.05, 0.1) is 30.5 Å². The number of nitrogens with one attached hydrogen (secondary N) is 1. The molecule has 3 rings (SSSR count). The minimum absolute atomic E-state index is 0.0793. The van der Waals surface area contributed by atoms with E-state index in [0.717, 1.165) is 5.52 Å². The Hall–Kier alpha value is -1.88. The molecule has 0 aliphatic carbocycles. The molecule has 2 aromatic heterocycles. The molecule has 1 fully saturated rings. The molecule has 0 aromatic carbocycles. The van der Waals surface area contributed by atoms with Gasteiger partial charge in [-0.2, -0.15) is 5.10 Å². The van der Waals surface area contributed by atoms with Crippen LogP contribution < -0.4 is 5.32 Å². The molecule has 5 nitrogen and oxygen atoms in total. The molecule has 3 heterocycles. The second-order valence-corrected chi connectivity index (χ2v) is 5.07. The Morgan fingerprint density at radius 3 is 3.11 bits per heavy atom. The lowest BCUT2D eigenvalue weighted by atomic mass is 9.89. The molecule has 0 atom stereocenters. The van der Waals surface area contributed by atoms with Crippen LogP contribution in [0.15, 0.2) is 30.6 Å². The standard InChI is InChI=1S/C13H15N3O2/c1-13(8-18-9-13)7-14-12(17)10-6-15-16-5-3-2-4-11(10)16/h2-6H,7-9H2,1H3,(H,14,17). The lowest BCUT2D eigenvalue weighted by Crippen LogP contribution is -2.48. The number of hydrogen-bond acceptors (Lipinski definition) is 3. The number of nitrogens with zero attached hydrogens (tertiary/aromatic N) is 2. The van der Waals surface area contributed by atoms with E-state index < -0.39 is 0 Å². The van der Waals surface area contributed by atoms with Gasteiger partial charge in [-0.15, -0.1) is 0 Å². The normalized spacial score (nSPS) is 17.4. The van der Waals surface area contributed by atoms with Crippen molar-refractivity contribution in [2.24, 2.45) is 5.41 Å². The first kappa shape index (κ1) is 11.2. The van der Waals surface area contributed by atoms with E-state index in [1.165, 1.54) is 0 Å². The van der Waals surface area contributed by atoms with Crippen LogP contribution in [0.3, 0.4) is 0 Å². The summed E-state index contributed by atoms with van der Waals surface area (Å²) in [5, 5.41) is 7.10. The first-order valence-electron chi connectivity index (χ1n) is 5.96. The van der Waals surface area contributed by atoms with Crippen LogP contribution in [-0.2, 0) is 4.74 Å². The highest BCUT2D eigenvalue weighted by Crippen LogP contribution is 2.25. The molecule has 0 spiro atoms. The van der Waals surface area contributed by atoms with Gasteiger partial charge in [0.15, 0.2) is 0 Å².